The minimum Gasteiger partial charge on any atom is -0.493 e. The predicted molar refractivity (Wildman–Crippen MR) is 98.5 cm³/mol. The number of rotatable bonds is 6. The molecule has 0 aliphatic carbocycles. The van der Waals surface area contributed by atoms with Crippen LogP contribution in [0.15, 0.2) is 41.3 Å². The second-order valence-electron chi connectivity index (χ2n) is 5.80. The highest BCUT2D eigenvalue weighted by Crippen LogP contribution is 2.38. The fourth-order valence-corrected chi connectivity index (χ4v) is 3.35. The van der Waals surface area contributed by atoms with E-state index in [-0.39, 0.29) is 22.2 Å². The Morgan fingerprint density at radius 2 is 1.70 bits per heavy atom. The average molecular weight is 399 g/mol. The maximum absolute atomic E-state index is 12.7. The molecule has 2 rings (SSSR count). The number of amides is 1. The van der Waals surface area contributed by atoms with Crippen LogP contribution in [0, 0.1) is 6.92 Å². The number of carbonyl (C=O) groups is 1. The third-order valence-electron chi connectivity index (χ3n) is 3.94. The Morgan fingerprint density at radius 3 is 2.30 bits per heavy atom. The number of benzene rings is 2. The molecule has 0 aromatic heterocycles. The molecule has 0 radical (unpaired) electrons. The number of hydrogen-bond acceptors (Lipinski definition) is 4. The number of hydrogen-bond donors (Lipinski definition) is 1. The Hall–Kier alpha value is -2.35. The third-order valence-corrected chi connectivity index (χ3v) is 4.75. The van der Waals surface area contributed by atoms with Crippen molar-refractivity contribution in [2.75, 3.05) is 14.2 Å². The molecule has 0 saturated heterocycles. The van der Waals surface area contributed by atoms with Gasteiger partial charge < -0.3 is 14.8 Å². The molecule has 8 heteroatoms. The summed E-state index contributed by atoms with van der Waals surface area (Å²) in [6.45, 7) is 3.61. The average Bonchev–Trinajstić information content (AvgIpc) is 2.60. The Kier molecular flexibility index (Phi) is 6.64. The molecule has 27 heavy (non-hydrogen) atoms. The van der Waals surface area contributed by atoms with E-state index in [9.17, 15) is 18.0 Å². The Labute approximate surface area is 160 Å². The van der Waals surface area contributed by atoms with Gasteiger partial charge in [0.05, 0.1) is 25.8 Å². The van der Waals surface area contributed by atoms with Gasteiger partial charge in [0.1, 0.15) is 0 Å². The fourth-order valence-electron chi connectivity index (χ4n) is 2.68. The van der Waals surface area contributed by atoms with E-state index in [1.165, 1.54) is 38.5 Å². The van der Waals surface area contributed by atoms with Crippen molar-refractivity contribution in [3.8, 4) is 11.5 Å². The lowest BCUT2D eigenvalue weighted by Gasteiger charge is -2.20. The van der Waals surface area contributed by atoms with Gasteiger partial charge in [-0.25, -0.2) is 0 Å². The minimum absolute atomic E-state index is 0.0233. The van der Waals surface area contributed by atoms with E-state index in [0.717, 1.165) is 11.1 Å². The van der Waals surface area contributed by atoms with Gasteiger partial charge in [0.15, 0.2) is 11.5 Å². The zero-order chi connectivity index (χ0) is 20.2. The van der Waals surface area contributed by atoms with Crippen LogP contribution in [0.4, 0.5) is 13.2 Å². The second-order valence-corrected chi connectivity index (χ2v) is 6.91. The van der Waals surface area contributed by atoms with Gasteiger partial charge in [0.25, 0.3) is 5.91 Å². The number of halogens is 3. The van der Waals surface area contributed by atoms with Crippen molar-refractivity contribution in [2.24, 2.45) is 0 Å². The van der Waals surface area contributed by atoms with Gasteiger partial charge in [-0.15, -0.1) is 0 Å². The molecule has 0 bridgehead atoms. The van der Waals surface area contributed by atoms with E-state index in [4.69, 9.17) is 9.47 Å². The lowest BCUT2D eigenvalue weighted by Crippen LogP contribution is -2.27. The van der Waals surface area contributed by atoms with Crippen molar-refractivity contribution in [3.63, 3.8) is 0 Å². The van der Waals surface area contributed by atoms with E-state index in [2.05, 4.69) is 5.32 Å². The van der Waals surface area contributed by atoms with E-state index in [1.807, 2.05) is 6.92 Å². The standard InChI is InChI=1S/C19H20F3NO3S/c1-11-9-15(25-3)16(26-4)10-14(11)12(2)23-18(24)13-7-5-6-8-17(13)27-19(20,21)22/h5-10,12H,1-4H3,(H,23,24). The summed E-state index contributed by atoms with van der Waals surface area (Å²) >= 11 is -0.305. The molecule has 146 valence electrons. The molecule has 0 saturated carbocycles. The molecule has 1 N–H and O–H groups in total. The van der Waals surface area contributed by atoms with Gasteiger partial charge in [-0.05, 0) is 61.0 Å². The molecule has 2 aromatic carbocycles. The van der Waals surface area contributed by atoms with Gasteiger partial charge in [0.2, 0.25) is 0 Å². The maximum Gasteiger partial charge on any atom is 0.446 e. The molecule has 0 heterocycles. The number of aryl methyl sites for hydroxylation is 1. The molecule has 1 amide bonds. The molecule has 0 aliphatic heterocycles. The maximum atomic E-state index is 12.7. The number of thioether (sulfide) groups is 1. The summed E-state index contributed by atoms with van der Waals surface area (Å²) in [5, 5.41) is 2.75. The summed E-state index contributed by atoms with van der Waals surface area (Å²) < 4.78 is 48.7. The van der Waals surface area contributed by atoms with Crippen LogP contribution in [0.3, 0.4) is 0 Å². The zero-order valence-electron chi connectivity index (χ0n) is 15.3. The summed E-state index contributed by atoms with van der Waals surface area (Å²) in [6, 6.07) is 8.73. The summed E-state index contributed by atoms with van der Waals surface area (Å²) in [6.07, 6.45) is 0. The topological polar surface area (TPSA) is 47.6 Å². The van der Waals surface area contributed by atoms with Crippen molar-refractivity contribution < 1.29 is 27.4 Å². The van der Waals surface area contributed by atoms with Crippen LogP contribution in [-0.4, -0.2) is 25.6 Å². The summed E-state index contributed by atoms with van der Waals surface area (Å²) in [7, 11) is 3.03. The molecule has 0 aliphatic rings. The molecule has 1 atom stereocenters. The van der Waals surface area contributed by atoms with Crippen LogP contribution in [0.25, 0.3) is 0 Å². The first-order valence-corrected chi connectivity index (χ1v) is 8.86. The molecular formula is C19H20F3NO3S. The van der Waals surface area contributed by atoms with E-state index >= 15 is 0 Å². The highest BCUT2D eigenvalue weighted by molar-refractivity contribution is 8.00. The molecule has 4 nitrogen and oxygen atoms in total. The summed E-state index contributed by atoms with van der Waals surface area (Å²) in [5.74, 6) is 0.487. The van der Waals surface area contributed by atoms with Gasteiger partial charge in [-0.1, -0.05) is 12.1 Å². The van der Waals surface area contributed by atoms with Crippen LogP contribution in [0.2, 0.25) is 0 Å². The number of carbonyl (C=O) groups excluding carboxylic acids is 1. The lowest BCUT2D eigenvalue weighted by atomic mass is 10.0. The molecule has 0 fully saturated rings. The van der Waals surface area contributed by atoms with Gasteiger partial charge in [-0.2, -0.15) is 13.2 Å². The Morgan fingerprint density at radius 1 is 1.11 bits per heavy atom. The summed E-state index contributed by atoms with van der Waals surface area (Å²) in [5.41, 5.74) is -2.85. The first kappa shape index (κ1) is 21.0. The van der Waals surface area contributed by atoms with Crippen molar-refractivity contribution in [2.45, 2.75) is 30.3 Å². The SMILES string of the molecule is COc1cc(C)c(C(C)NC(=O)c2ccccc2SC(F)(F)F)cc1OC. The predicted octanol–water partition coefficient (Wildman–Crippen LogP) is 5.12. The van der Waals surface area contributed by atoms with Gasteiger partial charge in [0, 0.05) is 4.90 Å². The van der Waals surface area contributed by atoms with Gasteiger partial charge in [-0.3, -0.25) is 4.79 Å². The quantitative estimate of drug-likeness (QED) is 0.686. The van der Waals surface area contributed by atoms with Gasteiger partial charge >= 0.3 is 5.51 Å². The zero-order valence-corrected chi connectivity index (χ0v) is 16.1. The first-order chi connectivity index (χ1) is 12.7. The smallest absolute Gasteiger partial charge is 0.446 e. The Bertz CT molecular complexity index is 824. The van der Waals surface area contributed by atoms with Crippen molar-refractivity contribution in [1.82, 2.24) is 5.32 Å². The fraction of sp³-hybridized carbons (Fsp3) is 0.316. The molecule has 2 aromatic rings. The molecule has 0 spiro atoms. The van der Waals surface area contributed by atoms with Crippen molar-refractivity contribution in [3.05, 3.63) is 53.1 Å². The normalized spacial score (nSPS) is 12.4. The van der Waals surface area contributed by atoms with Crippen LogP contribution in [0.1, 0.15) is 34.5 Å². The van der Waals surface area contributed by atoms with E-state index in [0.29, 0.717) is 11.5 Å². The molecular weight excluding hydrogens is 379 g/mol. The molecule has 1 unspecified atom stereocenters. The number of methoxy groups -OCH3 is 2. The van der Waals surface area contributed by atoms with Crippen LogP contribution in [0.5, 0.6) is 11.5 Å². The Balaban J connectivity index is 2.27. The third kappa shape index (κ3) is 5.32. The van der Waals surface area contributed by atoms with E-state index < -0.39 is 17.5 Å². The number of alkyl halides is 3. The van der Waals surface area contributed by atoms with Crippen molar-refractivity contribution in [1.29, 1.82) is 0 Å². The largest absolute Gasteiger partial charge is 0.493 e. The monoisotopic (exact) mass is 399 g/mol. The highest BCUT2D eigenvalue weighted by Gasteiger charge is 2.31. The van der Waals surface area contributed by atoms with Crippen LogP contribution < -0.4 is 14.8 Å². The second kappa shape index (κ2) is 8.56. The van der Waals surface area contributed by atoms with Crippen LogP contribution in [-0.2, 0) is 0 Å². The first-order valence-electron chi connectivity index (χ1n) is 8.04. The number of ether oxygens (including phenoxy) is 2. The minimum atomic E-state index is -4.47. The van der Waals surface area contributed by atoms with E-state index in [1.54, 1.807) is 19.1 Å². The highest BCUT2D eigenvalue weighted by atomic mass is 32.2. The number of nitrogens with one attached hydrogen (secondary N) is 1. The lowest BCUT2D eigenvalue weighted by molar-refractivity contribution is -0.0328. The summed E-state index contributed by atoms with van der Waals surface area (Å²) in [4.78, 5) is 12.4. The van der Waals surface area contributed by atoms with Crippen LogP contribution >= 0.6 is 11.8 Å². The van der Waals surface area contributed by atoms with Crippen molar-refractivity contribution >= 4 is 17.7 Å².